The normalized spacial score (nSPS) is 12.0. The van der Waals surface area contributed by atoms with Crippen LogP contribution >= 0.6 is 11.6 Å². The van der Waals surface area contributed by atoms with Gasteiger partial charge < -0.3 is 19.7 Å². The third kappa shape index (κ3) is 3.27. The fourth-order valence-electron chi connectivity index (χ4n) is 1.58. The van der Waals surface area contributed by atoms with Gasteiger partial charge in [0.15, 0.2) is 11.5 Å². The largest absolute Gasteiger partial charge is 0.493 e. The number of aliphatic carboxylic acids is 1. The Morgan fingerprint density at radius 2 is 2.06 bits per heavy atom. The van der Waals surface area contributed by atoms with Gasteiger partial charge in [-0.3, -0.25) is 4.79 Å². The second-order valence-corrected chi connectivity index (χ2v) is 4.03. The minimum atomic E-state index is -0.967. The predicted octanol–water partition coefficient (Wildman–Crippen LogP) is 2.26. The Morgan fingerprint density at radius 3 is 2.56 bits per heavy atom. The molecule has 1 aromatic rings. The van der Waals surface area contributed by atoms with Crippen LogP contribution in [-0.2, 0) is 4.79 Å². The van der Waals surface area contributed by atoms with E-state index in [2.05, 4.69) is 0 Å². The monoisotopic (exact) mass is 274 g/mol. The van der Waals surface area contributed by atoms with Crippen LogP contribution in [0.25, 0.3) is 0 Å². The third-order valence-corrected chi connectivity index (χ3v) is 2.90. The number of carboxylic acid groups (broad SMARTS) is 1. The molecule has 5 nitrogen and oxygen atoms in total. The zero-order valence-electron chi connectivity index (χ0n) is 10.1. The quantitative estimate of drug-likeness (QED) is 0.832. The molecular formula is C12H15ClO5. The molecular weight excluding hydrogens is 260 g/mol. The first-order valence-electron chi connectivity index (χ1n) is 5.31. The summed E-state index contributed by atoms with van der Waals surface area (Å²) in [4.78, 5) is 10.5. The number of benzene rings is 1. The van der Waals surface area contributed by atoms with E-state index in [0.29, 0.717) is 17.1 Å². The van der Waals surface area contributed by atoms with Gasteiger partial charge in [0.1, 0.15) is 0 Å². The molecule has 0 radical (unpaired) electrons. The number of hydrogen-bond acceptors (Lipinski definition) is 4. The van der Waals surface area contributed by atoms with E-state index in [4.69, 9.17) is 26.2 Å². The molecule has 0 fully saturated rings. The summed E-state index contributed by atoms with van der Waals surface area (Å²) in [6.45, 7) is 0. The third-order valence-electron chi connectivity index (χ3n) is 2.51. The summed E-state index contributed by atoms with van der Waals surface area (Å²) in [7, 11) is 2.92. The molecule has 1 atom stereocenters. The molecule has 0 saturated carbocycles. The fraction of sp³-hybridized carbons (Fsp3) is 0.417. The van der Waals surface area contributed by atoms with E-state index < -0.39 is 12.1 Å². The molecule has 1 rings (SSSR count). The first-order valence-corrected chi connectivity index (χ1v) is 5.69. The van der Waals surface area contributed by atoms with Crippen LogP contribution in [0.5, 0.6) is 11.5 Å². The Kier molecular flexibility index (Phi) is 5.25. The lowest BCUT2D eigenvalue weighted by molar-refractivity contribution is -0.137. The van der Waals surface area contributed by atoms with Crippen molar-refractivity contribution in [2.24, 2.45) is 0 Å². The summed E-state index contributed by atoms with van der Waals surface area (Å²) in [6, 6.07) is 3.21. The minimum Gasteiger partial charge on any atom is -0.493 e. The van der Waals surface area contributed by atoms with Crippen molar-refractivity contribution in [2.45, 2.75) is 18.9 Å². The maximum atomic E-state index is 10.5. The highest BCUT2D eigenvalue weighted by atomic mass is 35.5. The maximum absolute atomic E-state index is 10.5. The Bertz CT molecular complexity index is 433. The lowest BCUT2D eigenvalue weighted by Crippen LogP contribution is -2.04. The Balaban J connectivity index is 2.99. The Morgan fingerprint density at radius 1 is 1.39 bits per heavy atom. The number of methoxy groups -OCH3 is 2. The van der Waals surface area contributed by atoms with Gasteiger partial charge in [-0.05, 0) is 12.5 Å². The molecule has 18 heavy (non-hydrogen) atoms. The van der Waals surface area contributed by atoms with E-state index in [1.807, 2.05) is 0 Å². The highest BCUT2D eigenvalue weighted by Crippen LogP contribution is 2.40. The first kappa shape index (κ1) is 14.6. The van der Waals surface area contributed by atoms with Crippen molar-refractivity contribution < 1.29 is 24.5 Å². The molecule has 0 amide bonds. The highest BCUT2D eigenvalue weighted by molar-refractivity contribution is 6.33. The zero-order valence-corrected chi connectivity index (χ0v) is 10.9. The van der Waals surface area contributed by atoms with E-state index in [9.17, 15) is 9.90 Å². The van der Waals surface area contributed by atoms with Crippen molar-refractivity contribution in [3.05, 3.63) is 22.7 Å². The van der Waals surface area contributed by atoms with Crippen molar-refractivity contribution in [3.63, 3.8) is 0 Å². The molecule has 100 valence electrons. The van der Waals surface area contributed by atoms with E-state index >= 15 is 0 Å². The molecule has 1 aromatic carbocycles. The summed E-state index contributed by atoms with van der Waals surface area (Å²) >= 11 is 6.09. The van der Waals surface area contributed by atoms with Crippen molar-refractivity contribution in [2.75, 3.05) is 14.2 Å². The minimum absolute atomic E-state index is 0.0878. The smallest absolute Gasteiger partial charge is 0.303 e. The first-order chi connectivity index (χ1) is 8.51. The topological polar surface area (TPSA) is 76.0 Å². The molecule has 0 saturated heterocycles. The van der Waals surface area contributed by atoms with Crippen molar-refractivity contribution in [1.29, 1.82) is 0 Å². The lowest BCUT2D eigenvalue weighted by atomic mass is 10.0. The average Bonchev–Trinajstić information content (AvgIpc) is 2.35. The van der Waals surface area contributed by atoms with Gasteiger partial charge in [-0.2, -0.15) is 0 Å². The van der Waals surface area contributed by atoms with Gasteiger partial charge in [0.2, 0.25) is 0 Å². The molecule has 0 aromatic heterocycles. The molecule has 6 heteroatoms. The van der Waals surface area contributed by atoms with Gasteiger partial charge in [0.25, 0.3) is 0 Å². The van der Waals surface area contributed by atoms with Crippen LogP contribution < -0.4 is 9.47 Å². The SMILES string of the molecule is COc1ccc(C(O)CCC(=O)O)c(Cl)c1OC. The maximum Gasteiger partial charge on any atom is 0.303 e. The summed E-state index contributed by atoms with van der Waals surface area (Å²) in [5, 5.41) is 18.7. The molecule has 1 unspecified atom stereocenters. The van der Waals surface area contributed by atoms with Crippen LogP contribution in [0.15, 0.2) is 12.1 Å². The number of halogens is 1. The van der Waals surface area contributed by atoms with Gasteiger partial charge in [-0.1, -0.05) is 17.7 Å². The number of rotatable bonds is 6. The van der Waals surface area contributed by atoms with Crippen LogP contribution in [0, 0.1) is 0 Å². The van der Waals surface area contributed by atoms with Gasteiger partial charge in [0.05, 0.1) is 25.3 Å². The van der Waals surface area contributed by atoms with Crippen LogP contribution in [0.2, 0.25) is 5.02 Å². The number of carbonyl (C=O) groups is 1. The lowest BCUT2D eigenvalue weighted by Gasteiger charge is -2.16. The molecule has 0 aliphatic rings. The van der Waals surface area contributed by atoms with Gasteiger partial charge in [-0.15, -0.1) is 0 Å². The number of aliphatic hydroxyl groups is 1. The van der Waals surface area contributed by atoms with Crippen molar-refractivity contribution >= 4 is 17.6 Å². The molecule has 2 N–H and O–H groups in total. The molecule has 0 heterocycles. The molecule has 0 bridgehead atoms. The zero-order chi connectivity index (χ0) is 13.7. The van der Waals surface area contributed by atoms with Gasteiger partial charge in [0, 0.05) is 12.0 Å². The fourth-order valence-corrected chi connectivity index (χ4v) is 1.94. The Labute approximate surface area is 110 Å². The number of carboxylic acids is 1. The van der Waals surface area contributed by atoms with Crippen molar-refractivity contribution in [3.8, 4) is 11.5 Å². The van der Waals surface area contributed by atoms with Crippen LogP contribution in [-0.4, -0.2) is 30.4 Å². The van der Waals surface area contributed by atoms with Crippen LogP contribution in [0.4, 0.5) is 0 Å². The van der Waals surface area contributed by atoms with Crippen molar-refractivity contribution in [1.82, 2.24) is 0 Å². The van der Waals surface area contributed by atoms with E-state index in [1.165, 1.54) is 14.2 Å². The van der Waals surface area contributed by atoms with Crippen LogP contribution in [0.1, 0.15) is 24.5 Å². The van der Waals surface area contributed by atoms with E-state index in [1.54, 1.807) is 12.1 Å². The number of ether oxygens (including phenoxy) is 2. The number of hydrogen-bond donors (Lipinski definition) is 2. The highest BCUT2D eigenvalue weighted by Gasteiger charge is 2.19. The second kappa shape index (κ2) is 6.47. The summed E-state index contributed by atoms with van der Waals surface area (Å²) in [6.07, 6.45) is -0.996. The summed E-state index contributed by atoms with van der Waals surface area (Å²) in [5.41, 5.74) is 0.426. The summed E-state index contributed by atoms with van der Waals surface area (Å²) < 4.78 is 10.2. The number of aliphatic hydroxyl groups excluding tert-OH is 1. The molecule has 0 spiro atoms. The standard InChI is InChI=1S/C12H15ClO5/c1-17-9-5-3-7(11(13)12(9)18-2)8(14)4-6-10(15)16/h3,5,8,14H,4,6H2,1-2H3,(H,15,16). The van der Waals surface area contributed by atoms with E-state index in [-0.39, 0.29) is 17.9 Å². The average molecular weight is 275 g/mol. The van der Waals surface area contributed by atoms with Crippen LogP contribution in [0.3, 0.4) is 0 Å². The second-order valence-electron chi connectivity index (χ2n) is 3.65. The van der Waals surface area contributed by atoms with Gasteiger partial charge in [-0.25, -0.2) is 0 Å². The molecule has 0 aliphatic carbocycles. The Hall–Kier alpha value is -1.46. The van der Waals surface area contributed by atoms with Gasteiger partial charge >= 0.3 is 5.97 Å². The van der Waals surface area contributed by atoms with E-state index in [0.717, 1.165) is 0 Å². The summed E-state index contributed by atoms with van der Waals surface area (Å²) in [5.74, 6) is -0.187. The molecule has 0 aliphatic heterocycles. The predicted molar refractivity (Wildman–Crippen MR) is 66.4 cm³/mol.